The number of carbonyl (C=O) groups excluding carboxylic acids is 2. The van der Waals surface area contributed by atoms with Crippen molar-refractivity contribution < 1.29 is 27.2 Å². The van der Waals surface area contributed by atoms with Crippen molar-refractivity contribution in [1.29, 1.82) is 0 Å². The van der Waals surface area contributed by atoms with Crippen LogP contribution in [0.25, 0.3) is 0 Å². The Morgan fingerprint density at radius 1 is 1.11 bits per heavy atom. The molecule has 3 rings (SSSR count). The zero-order valence-electron chi connectivity index (χ0n) is 18.2. The van der Waals surface area contributed by atoms with Crippen molar-refractivity contribution >= 4 is 29.1 Å². The van der Waals surface area contributed by atoms with E-state index >= 15 is 0 Å². The van der Waals surface area contributed by atoms with Crippen LogP contribution in [-0.2, 0) is 22.2 Å². The molecule has 2 aromatic carbocycles. The summed E-state index contributed by atoms with van der Waals surface area (Å²) in [4.78, 5) is 31.1. The lowest BCUT2D eigenvalue weighted by molar-refractivity contribution is -0.137. The maximum Gasteiger partial charge on any atom is 0.416 e. The van der Waals surface area contributed by atoms with Gasteiger partial charge in [0.2, 0.25) is 5.91 Å². The Bertz CT molecular complexity index is 1220. The van der Waals surface area contributed by atoms with Gasteiger partial charge < -0.3 is 5.32 Å². The number of halogens is 5. The molecule has 1 unspecified atom stereocenters. The third kappa shape index (κ3) is 6.66. The number of amides is 2. The monoisotopic (exact) mass is 505 g/mol. The highest BCUT2D eigenvalue weighted by atomic mass is 35.5. The van der Waals surface area contributed by atoms with Gasteiger partial charge in [-0.05, 0) is 60.5 Å². The molecule has 182 valence electrons. The number of nitrogens with zero attached hydrogens (tertiary/aromatic N) is 2. The van der Waals surface area contributed by atoms with Crippen LogP contribution in [0.2, 0.25) is 5.02 Å². The van der Waals surface area contributed by atoms with E-state index in [0.29, 0.717) is 12.0 Å². The smallest absolute Gasteiger partial charge is 0.354 e. The molecule has 0 bridgehead atoms. The lowest BCUT2D eigenvalue weighted by Gasteiger charge is -2.30. The van der Waals surface area contributed by atoms with Crippen LogP contribution in [-0.4, -0.2) is 23.3 Å². The number of rotatable bonds is 8. The Morgan fingerprint density at radius 3 is 2.43 bits per heavy atom. The molecule has 0 saturated heterocycles. The molecule has 35 heavy (non-hydrogen) atoms. The van der Waals surface area contributed by atoms with Crippen LogP contribution >= 0.6 is 11.6 Å². The molecule has 0 fully saturated rings. The first kappa shape index (κ1) is 25.9. The van der Waals surface area contributed by atoms with Gasteiger partial charge >= 0.3 is 6.18 Å². The Hall–Kier alpha value is -3.72. The minimum Gasteiger partial charge on any atom is -0.354 e. The van der Waals surface area contributed by atoms with Gasteiger partial charge in [-0.25, -0.2) is 4.39 Å². The van der Waals surface area contributed by atoms with Gasteiger partial charge in [-0.3, -0.25) is 19.5 Å². The Morgan fingerprint density at radius 2 is 1.83 bits per heavy atom. The largest absolute Gasteiger partial charge is 0.416 e. The summed E-state index contributed by atoms with van der Waals surface area (Å²) in [5.41, 5.74) is 0.00446. The summed E-state index contributed by atoms with van der Waals surface area (Å²) in [5.74, 6) is -1.78. The second-order valence-electron chi connectivity index (χ2n) is 7.47. The Labute approximate surface area is 204 Å². The van der Waals surface area contributed by atoms with Crippen LogP contribution in [0.1, 0.15) is 22.7 Å². The van der Waals surface area contributed by atoms with Crippen LogP contribution in [0.5, 0.6) is 0 Å². The molecule has 1 aromatic heterocycles. The topological polar surface area (TPSA) is 62.3 Å². The SMILES string of the molecule is C=CC(=O)N(c1ccc(C(F)(F)F)cc1)C(C(=O)NCCc1cccc(F)c1)c1cncc(Cl)c1. The van der Waals surface area contributed by atoms with E-state index in [-0.39, 0.29) is 22.8 Å². The van der Waals surface area contributed by atoms with Crippen molar-refractivity contribution in [3.8, 4) is 0 Å². The van der Waals surface area contributed by atoms with E-state index in [9.17, 15) is 27.2 Å². The van der Waals surface area contributed by atoms with Gasteiger partial charge in [0.05, 0.1) is 10.6 Å². The fourth-order valence-corrected chi connectivity index (χ4v) is 3.61. The molecule has 0 aliphatic heterocycles. The summed E-state index contributed by atoms with van der Waals surface area (Å²) in [6.07, 6.45) is -0.656. The van der Waals surface area contributed by atoms with E-state index < -0.39 is 35.4 Å². The zero-order valence-corrected chi connectivity index (χ0v) is 19.0. The Kier molecular flexibility index (Phi) is 8.24. The first-order chi connectivity index (χ1) is 16.6. The molecular formula is C25H20ClF4N3O2. The summed E-state index contributed by atoms with van der Waals surface area (Å²) in [6, 6.07) is 9.79. The van der Waals surface area contributed by atoms with Crippen molar-refractivity contribution in [2.24, 2.45) is 0 Å². The van der Waals surface area contributed by atoms with Crippen LogP contribution in [0.3, 0.4) is 0 Å². The Balaban J connectivity index is 1.95. The number of aromatic nitrogens is 1. The summed E-state index contributed by atoms with van der Waals surface area (Å²) in [7, 11) is 0. The van der Waals surface area contributed by atoms with E-state index in [1.54, 1.807) is 12.1 Å². The molecule has 5 nitrogen and oxygen atoms in total. The number of benzene rings is 2. The third-order valence-corrected chi connectivity index (χ3v) is 5.24. The predicted octanol–water partition coefficient (Wildman–Crippen LogP) is 5.51. The van der Waals surface area contributed by atoms with E-state index in [2.05, 4.69) is 16.9 Å². The molecule has 0 radical (unpaired) electrons. The van der Waals surface area contributed by atoms with Crippen LogP contribution < -0.4 is 10.2 Å². The first-order valence-electron chi connectivity index (χ1n) is 10.4. The highest BCUT2D eigenvalue weighted by Crippen LogP contribution is 2.33. The fraction of sp³-hybridized carbons (Fsp3) is 0.160. The van der Waals surface area contributed by atoms with Gasteiger partial charge in [0.25, 0.3) is 5.91 Å². The molecule has 1 heterocycles. The molecule has 1 atom stereocenters. The van der Waals surface area contributed by atoms with Crippen LogP contribution in [0.4, 0.5) is 23.2 Å². The standard InChI is InChI=1S/C25H20ClF4N3O2/c1-2-22(34)33(21-8-6-18(7-9-21)25(28,29)30)23(17-13-19(26)15-31-14-17)24(35)32-11-10-16-4-3-5-20(27)12-16/h2-9,12-15,23H,1,10-11H2,(H,32,35). The second kappa shape index (κ2) is 11.1. The lowest BCUT2D eigenvalue weighted by atomic mass is 10.0. The van der Waals surface area contributed by atoms with Crippen molar-refractivity contribution in [2.75, 3.05) is 11.4 Å². The molecular weight excluding hydrogens is 486 g/mol. The molecule has 0 aliphatic rings. The van der Waals surface area contributed by atoms with Crippen molar-refractivity contribution in [3.05, 3.63) is 107 Å². The molecule has 3 aromatic rings. The van der Waals surface area contributed by atoms with Gasteiger partial charge in [-0.15, -0.1) is 0 Å². The number of nitrogens with one attached hydrogen (secondary N) is 1. The highest BCUT2D eigenvalue weighted by Gasteiger charge is 2.34. The summed E-state index contributed by atoms with van der Waals surface area (Å²) < 4.78 is 52.5. The minimum absolute atomic E-state index is 0.0353. The van der Waals surface area contributed by atoms with Crippen LogP contribution in [0, 0.1) is 5.82 Å². The predicted molar refractivity (Wildman–Crippen MR) is 124 cm³/mol. The van der Waals surface area contributed by atoms with E-state index in [1.807, 2.05) is 0 Å². The normalized spacial score (nSPS) is 12.0. The summed E-state index contributed by atoms with van der Waals surface area (Å²) >= 11 is 6.05. The summed E-state index contributed by atoms with van der Waals surface area (Å²) in [5, 5.41) is 2.89. The van der Waals surface area contributed by atoms with Gasteiger partial charge in [0.1, 0.15) is 11.9 Å². The number of hydrogen-bond acceptors (Lipinski definition) is 3. The first-order valence-corrected chi connectivity index (χ1v) is 10.7. The lowest BCUT2D eigenvalue weighted by Crippen LogP contribution is -2.44. The van der Waals surface area contributed by atoms with Crippen molar-refractivity contribution in [2.45, 2.75) is 18.6 Å². The van der Waals surface area contributed by atoms with Gasteiger partial charge in [0.15, 0.2) is 0 Å². The molecule has 2 amide bonds. The van der Waals surface area contributed by atoms with Crippen LogP contribution in [0.15, 0.2) is 79.6 Å². The van der Waals surface area contributed by atoms with E-state index in [0.717, 1.165) is 35.2 Å². The highest BCUT2D eigenvalue weighted by molar-refractivity contribution is 6.30. The van der Waals surface area contributed by atoms with Gasteiger partial charge in [-0.2, -0.15) is 13.2 Å². The average molecular weight is 506 g/mol. The average Bonchev–Trinajstić information content (AvgIpc) is 2.81. The third-order valence-electron chi connectivity index (χ3n) is 5.04. The maximum atomic E-state index is 13.4. The maximum absolute atomic E-state index is 13.4. The number of carbonyl (C=O) groups is 2. The number of hydrogen-bond donors (Lipinski definition) is 1. The van der Waals surface area contributed by atoms with E-state index in [4.69, 9.17) is 11.6 Å². The zero-order chi connectivity index (χ0) is 25.6. The number of alkyl halides is 3. The van der Waals surface area contributed by atoms with Gasteiger partial charge in [-0.1, -0.05) is 30.3 Å². The molecule has 0 aliphatic carbocycles. The molecule has 1 N–H and O–H groups in total. The second-order valence-corrected chi connectivity index (χ2v) is 7.90. The van der Waals surface area contributed by atoms with Crippen molar-refractivity contribution in [1.82, 2.24) is 10.3 Å². The quantitative estimate of drug-likeness (QED) is 0.324. The van der Waals surface area contributed by atoms with Gasteiger partial charge in [0, 0.05) is 30.2 Å². The number of pyridine rings is 1. The molecule has 0 spiro atoms. The molecule has 0 saturated carbocycles. The van der Waals surface area contributed by atoms with E-state index in [1.165, 1.54) is 30.6 Å². The summed E-state index contributed by atoms with van der Waals surface area (Å²) in [6.45, 7) is 3.55. The molecule has 10 heteroatoms. The van der Waals surface area contributed by atoms with Crippen molar-refractivity contribution in [3.63, 3.8) is 0 Å². The minimum atomic E-state index is -4.57. The fourth-order valence-electron chi connectivity index (χ4n) is 3.43. The number of anilines is 1.